The first kappa shape index (κ1) is 18.3. The Kier molecular flexibility index (Phi) is 4.52. The van der Waals surface area contributed by atoms with Gasteiger partial charge >= 0.3 is 0 Å². The van der Waals surface area contributed by atoms with Crippen LogP contribution in [0.2, 0.25) is 0 Å². The van der Waals surface area contributed by atoms with Crippen molar-refractivity contribution in [2.75, 3.05) is 20.3 Å². The lowest BCUT2D eigenvalue weighted by molar-refractivity contribution is -0.178. The van der Waals surface area contributed by atoms with E-state index in [2.05, 4.69) is 10.2 Å². The molecule has 6 heteroatoms. The number of amides is 1. The fraction of sp³-hybridized carbons (Fsp3) is 0.857. The topological polar surface area (TPSA) is 61.8 Å². The van der Waals surface area contributed by atoms with Crippen molar-refractivity contribution in [3.05, 3.63) is 10.6 Å². The van der Waals surface area contributed by atoms with Gasteiger partial charge in [-0.3, -0.25) is 4.79 Å². The molecule has 4 bridgehead atoms. The molecule has 4 saturated carbocycles. The molecule has 0 aromatic rings. The van der Waals surface area contributed by atoms with Crippen LogP contribution in [0.25, 0.3) is 0 Å². The first-order valence-corrected chi connectivity index (χ1v) is 11.6. The van der Waals surface area contributed by atoms with Crippen LogP contribution in [-0.2, 0) is 9.53 Å². The molecule has 0 spiro atoms. The molecule has 0 saturated heterocycles. The number of hydrogen-bond donors (Lipinski definition) is 2. The van der Waals surface area contributed by atoms with Gasteiger partial charge in [0.1, 0.15) is 0 Å². The monoisotopic (exact) mass is 392 g/mol. The maximum atomic E-state index is 13.5. The zero-order chi connectivity index (χ0) is 18.6. The summed E-state index contributed by atoms with van der Waals surface area (Å²) in [4.78, 5) is 17.3. The number of hydrogen-bond acceptors (Lipinski definition) is 5. The Morgan fingerprint density at radius 1 is 1.26 bits per heavy atom. The van der Waals surface area contributed by atoms with Crippen molar-refractivity contribution >= 4 is 17.7 Å². The van der Waals surface area contributed by atoms with Crippen LogP contribution in [-0.4, -0.2) is 47.3 Å². The van der Waals surface area contributed by atoms with Crippen LogP contribution in [0.1, 0.15) is 64.2 Å². The number of carbonyl (C=O) groups excluding carboxylic acids is 1. The summed E-state index contributed by atoms with van der Waals surface area (Å²) in [6, 6.07) is 0. The number of rotatable bonds is 5. The lowest BCUT2D eigenvalue weighted by Crippen LogP contribution is -2.61. The average Bonchev–Trinajstić information content (AvgIpc) is 2.95. The molecule has 6 rings (SSSR count). The number of ether oxygens (including phenoxy) is 1. The van der Waals surface area contributed by atoms with Crippen LogP contribution in [0.4, 0.5) is 0 Å². The molecular formula is C21H32N2O3S. The Bertz CT molecular complexity index is 650. The van der Waals surface area contributed by atoms with Crippen molar-refractivity contribution < 1.29 is 14.6 Å². The van der Waals surface area contributed by atoms with E-state index in [-0.39, 0.29) is 16.8 Å². The van der Waals surface area contributed by atoms with Crippen LogP contribution < -0.4 is 5.32 Å². The van der Waals surface area contributed by atoms with Crippen LogP contribution in [0.5, 0.6) is 0 Å². The average molecular weight is 393 g/mol. The fourth-order valence-electron chi connectivity index (χ4n) is 6.93. The van der Waals surface area contributed by atoms with Gasteiger partial charge in [0.05, 0.1) is 17.6 Å². The molecule has 5 aliphatic carbocycles. The Morgan fingerprint density at radius 3 is 2.70 bits per heavy atom. The van der Waals surface area contributed by atoms with Gasteiger partial charge in [-0.25, -0.2) is 0 Å². The summed E-state index contributed by atoms with van der Waals surface area (Å²) < 4.78 is 5.33. The summed E-state index contributed by atoms with van der Waals surface area (Å²) in [5.74, 6) is 1.26. The first-order chi connectivity index (χ1) is 13.0. The molecule has 6 aliphatic rings. The van der Waals surface area contributed by atoms with Crippen LogP contribution in [0, 0.1) is 17.3 Å². The summed E-state index contributed by atoms with van der Waals surface area (Å²) in [5, 5.41) is 14.4. The summed E-state index contributed by atoms with van der Waals surface area (Å²) in [5.41, 5.74) is 0.503. The van der Waals surface area contributed by atoms with Crippen LogP contribution in [0.3, 0.4) is 0 Å². The molecule has 2 N–H and O–H groups in total. The lowest BCUT2D eigenvalue weighted by atomic mass is 9.47. The number of allylic oxidation sites excluding steroid dienone is 2. The zero-order valence-electron chi connectivity index (χ0n) is 16.3. The molecule has 1 heterocycles. The minimum Gasteiger partial charge on any atom is -0.390 e. The van der Waals surface area contributed by atoms with E-state index in [1.54, 1.807) is 7.11 Å². The van der Waals surface area contributed by atoms with Crippen molar-refractivity contribution in [1.82, 2.24) is 10.2 Å². The summed E-state index contributed by atoms with van der Waals surface area (Å²) in [6.45, 7) is 1.51. The van der Waals surface area contributed by atoms with Crippen molar-refractivity contribution in [3.63, 3.8) is 0 Å². The Hall–Kier alpha value is -0.720. The van der Waals surface area contributed by atoms with E-state index in [4.69, 9.17) is 4.74 Å². The highest BCUT2D eigenvalue weighted by atomic mass is 32.2. The quantitative estimate of drug-likeness (QED) is 0.752. The van der Waals surface area contributed by atoms with E-state index >= 15 is 0 Å². The minimum absolute atomic E-state index is 0.00148. The highest BCUT2D eigenvalue weighted by Gasteiger charge is 2.60. The first-order valence-electron chi connectivity index (χ1n) is 10.7. The van der Waals surface area contributed by atoms with Gasteiger partial charge in [-0.15, -0.1) is 0 Å². The number of nitrogens with one attached hydrogen (secondary N) is 1. The predicted octanol–water partition coefficient (Wildman–Crippen LogP) is 3.20. The third-order valence-electron chi connectivity index (χ3n) is 7.58. The highest BCUT2D eigenvalue weighted by Crippen LogP contribution is 2.61. The van der Waals surface area contributed by atoms with Crippen LogP contribution in [0.15, 0.2) is 10.6 Å². The predicted molar refractivity (Wildman–Crippen MR) is 106 cm³/mol. The largest absolute Gasteiger partial charge is 0.390 e. The second-order valence-corrected chi connectivity index (χ2v) is 10.8. The molecule has 3 unspecified atom stereocenters. The Balaban J connectivity index is 1.33. The van der Waals surface area contributed by atoms with Crippen molar-refractivity contribution in [2.24, 2.45) is 17.3 Å². The molecule has 1 aliphatic heterocycles. The highest BCUT2D eigenvalue weighted by molar-refractivity contribution is 8.03. The van der Waals surface area contributed by atoms with Gasteiger partial charge < -0.3 is 20.1 Å². The summed E-state index contributed by atoms with van der Waals surface area (Å²) >= 11 is 1.84. The minimum atomic E-state index is -0.586. The van der Waals surface area contributed by atoms with E-state index in [9.17, 15) is 9.90 Å². The van der Waals surface area contributed by atoms with Crippen molar-refractivity contribution in [3.8, 4) is 0 Å². The molecule has 0 aromatic heterocycles. The van der Waals surface area contributed by atoms with E-state index in [0.29, 0.717) is 24.9 Å². The molecular weight excluding hydrogens is 360 g/mol. The molecule has 1 amide bonds. The zero-order valence-corrected chi connectivity index (χ0v) is 17.2. The number of carbonyl (C=O) groups is 1. The standard InChI is InChI=1S/C21H32N2O3S/c1-26-7-6-23-16-4-2-3-5-17(16)27-19(23)22-18(24)20-9-14-8-15(10-20)12-21(25,11-14)13-20/h14-15,19,25H,2-13H2,1H3,(H,22,24). The lowest BCUT2D eigenvalue weighted by Gasteiger charge is -2.59. The van der Waals surface area contributed by atoms with Gasteiger partial charge in [-0.1, -0.05) is 11.8 Å². The van der Waals surface area contributed by atoms with Gasteiger partial charge in [0.15, 0.2) is 5.50 Å². The van der Waals surface area contributed by atoms with Gasteiger partial charge in [-0.2, -0.15) is 0 Å². The fourth-order valence-corrected chi connectivity index (χ4v) is 8.34. The number of aliphatic hydroxyl groups is 1. The van der Waals surface area contributed by atoms with Crippen LogP contribution >= 0.6 is 11.8 Å². The van der Waals surface area contributed by atoms with Crippen molar-refractivity contribution in [2.45, 2.75) is 75.3 Å². The molecule has 0 aromatic carbocycles. The van der Waals surface area contributed by atoms with Gasteiger partial charge in [-0.05, 0) is 76.0 Å². The molecule has 3 atom stereocenters. The van der Waals surface area contributed by atoms with E-state index in [0.717, 1.165) is 45.1 Å². The maximum Gasteiger partial charge on any atom is 0.228 e. The normalized spacial score (nSPS) is 42.6. The molecule has 5 nitrogen and oxygen atoms in total. The Labute approximate surface area is 166 Å². The molecule has 27 heavy (non-hydrogen) atoms. The number of nitrogens with zero attached hydrogens (tertiary/aromatic N) is 1. The molecule has 0 radical (unpaired) electrons. The third kappa shape index (κ3) is 3.12. The SMILES string of the molecule is COCCN1C2=C(CCCC2)SC1NC(=O)C12CC3CC(CC(O)(C3)C1)C2. The maximum absolute atomic E-state index is 13.5. The second-order valence-electron chi connectivity index (χ2n) is 9.67. The number of methoxy groups -OCH3 is 1. The van der Waals surface area contributed by atoms with E-state index < -0.39 is 5.60 Å². The van der Waals surface area contributed by atoms with Gasteiger partial charge in [0, 0.05) is 24.3 Å². The summed E-state index contributed by atoms with van der Waals surface area (Å²) in [6.07, 6.45) is 10.4. The van der Waals surface area contributed by atoms with Gasteiger partial charge in [0.2, 0.25) is 5.91 Å². The Morgan fingerprint density at radius 2 is 2.00 bits per heavy atom. The van der Waals surface area contributed by atoms with Crippen molar-refractivity contribution in [1.29, 1.82) is 0 Å². The smallest absolute Gasteiger partial charge is 0.228 e. The summed E-state index contributed by atoms with van der Waals surface area (Å²) in [7, 11) is 1.74. The third-order valence-corrected chi connectivity index (χ3v) is 8.90. The van der Waals surface area contributed by atoms with Gasteiger partial charge in [0.25, 0.3) is 0 Å². The number of thioether (sulfide) groups is 1. The molecule has 4 fully saturated rings. The van der Waals surface area contributed by atoms with E-state index in [1.807, 2.05) is 11.8 Å². The molecule has 150 valence electrons. The van der Waals surface area contributed by atoms with E-state index in [1.165, 1.54) is 29.9 Å². The second kappa shape index (κ2) is 6.67.